The molecule has 9 heteroatoms. The van der Waals surface area contributed by atoms with Gasteiger partial charge in [0.2, 0.25) is 0 Å². The second kappa shape index (κ2) is 5.43. The molecule has 0 fully saturated rings. The molecule has 18 heavy (non-hydrogen) atoms. The number of nitrogens with one attached hydrogen (secondary N) is 3. The van der Waals surface area contributed by atoms with E-state index in [1.807, 2.05) is 0 Å². The summed E-state index contributed by atoms with van der Waals surface area (Å²) in [5.41, 5.74) is -0.588. The molecule has 4 N–H and O–H groups in total. The van der Waals surface area contributed by atoms with Crippen LogP contribution in [0.3, 0.4) is 0 Å². The van der Waals surface area contributed by atoms with Gasteiger partial charge in [-0.05, 0) is 5.41 Å². The maximum Gasteiger partial charge on any atom is 0.326 e. The van der Waals surface area contributed by atoms with E-state index >= 15 is 0 Å². The van der Waals surface area contributed by atoms with Crippen molar-refractivity contribution in [3.05, 3.63) is 5.82 Å². The average molecular weight is 256 g/mol. The third kappa shape index (κ3) is 4.00. The van der Waals surface area contributed by atoms with Crippen LogP contribution in [0.2, 0.25) is 0 Å². The molecule has 1 aromatic heterocycles. The number of carbonyl (C=O) groups excluding carboxylic acids is 1. The molecule has 0 aliphatic rings. The van der Waals surface area contributed by atoms with Crippen LogP contribution in [0.1, 0.15) is 26.6 Å². The third-order valence-electron chi connectivity index (χ3n) is 2.18. The summed E-state index contributed by atoms with van der Waals surface area (Å²) in [5, 5.41) is 26.7. The van der Waals surface area contributed by atoms with Crippen molar-refractivity contribution in [2.75, 3.05) is 0 Å². The number of nitrogens with zero attached hydrogens (tertiary/aromatic N) is 3. The Labute approximate surface area is 103 Å². The average Bonchev–Trinajstić information content (AvgIpc) is 2.73. The highest BCUT2D eigenvalue weighted by Gasteiger charge is 2.32. The van der Waals surface area contributed by atoms with Crippen molar-refractivity contribution < 1.29 is 14.7 Å². The Kier molecular flexibility index (Phi) is 4.18. The molecule has 0 bridgehead atoms. The highest BCUT2D eigenvalue weighted by atomic mass is 16.4. The monoisotopic (exact) mass is 256 g/mol. The van der Waals surface area contributed by atoms with Crippen molar-refractivity contribution in [1.29, 1.82) is 0 Å². The molecular weight excluding hydrogens is 240 g/mol. The molecule has 0 aliphatic heterocycles. The second-order valence-electron chi connectivity index (χ2n) is 4.79. The second-order valence-corrected chi connectivity index (χ2v) is 4.79. The Morgan fingerprint density at radius 3 is 2.56 bits per heavy atom. The Balaban J connectivity index is 2.49. The number of H-pyrrole nitrogens is 1. The van der Waals surface area contributed by atoms with Gasteiger partial charge >= 0.3 is 12.0 Å². The molecule has 0 radical (unpaired) electrons. The van der Waals surface area contributed by atoms with Crippen LogP contribution < -0.4 is 10.6 Å². The van der Waals surface area contributed by atoms with Gasteiger partial charge < -0.3 is 15.7 Å². The minimum Gasteiger partial charge on any atom is -0.480 e. The van der Waals surface area contributed by atoms with Crippen LogP contribution in [0.5, 0.6) is 0 Å². The van der Waals surface area contributed by atoms with Crippen LogP contribution in [0.25, 0.3) is 0 Å². The fraction of sp³-hybridized carbons (Fsp3) is 0.667. The van der Waals surface area contributed by atoms with E-state index in [0.29, 0.717) is 5.82 Å². The Morgan fingerprint density at radius 1 is 1.44 bits per heavy atom. The molecule has 0 aromatic carbocycles. The Bertz CT molecular complexity index is 410. The molecule has 2 amide bonds. The third-order valence-corrected chi connectivity index (χ3v) is 2.18. The number of urea groups is 1. The van der Waals surface area contributed by atoms with Gasteiger partial charge in [0.25, 0.3) is 0 Å². The van der Waals surface area contributed by atoms with Gasteiger partial charge in [0.15, 0.2) is 5.82 Å². The lowest BCUT2D eigenvalue weighted by molar-refractivity contribution is -0.141. The molecule has 0 saturated heterocycles. The molecule has 100 valence electrons. The van der Waals surface area contributed by atoms with Gasteiger partial charge in [-0.15, -0.1) is 10.2 Å². The predicted molar refractivity (Wildman–Crippen MR) is 60.4 cm³/mol. The normalized spacial score (nSPS) is 12.8. The standard InChI is InChI=1S/C9H16N6O3/c1-9(2,3)6(7(16)17)11-8(18)10-4-5-12-14-15-13-5/h6H,4H2,1-3H3,(H,16,17)(H2,10,11,18)(H,12,13,14,15). The number of carboxylic acids is 1. The highest BCUT2D eigenvalue weighted by molar-refractivity contribution is 5.83. The van der Waals surface area contributed by atoms with Gasteiger partial charge in [0, 0.05) is 0 Å². The molecule has 9 nitrogen and oxygen atoms in total. The van der Waals surface area contributed by atoms with Gasteiger partial charge in [-0.1, -0.05) is 26.0 Å². The molecular formula is C9H16N6O3. The summed E-state index contributed by atoms with van der Waals surface area (Å²) < 4.78 is 0. The number of carbonyl (C=O) groups is 2. The van der Waals surface area contributed by atoms with Gasteiger partial charge in [-0.2, -0.15) is 5.21 Å². The zero-order valence-electron chi connectivity index (χ0n) is 10.4. The van der Waals surface area contributed by atoms with Crippen LogP contribution in [-0.4, -0.2) is 43.8 Å². The number of aromatic nitrogens is 4. The Hall–Kier alpha value is -2.19. The molecule has 0 spiro atoms. The first-order valence-electron chi connectivity index (χ1n) is 5.30. The molecule has 1 atom stereocenters. The topological polar surface area (TPSA) is 133 Å². The fourth-order valence-electron chi connectivity index (χ4n) is 1.25. The first kappa shape index (κ1) is 13.9. The lowest BCUT2D eigenvalue weighted by Crippen LogP contribution is -2.52. The van der Waals surface area contributed by atoms with Crippen molar-refractivity contribution in [1.82, 2.24) is 31.3 Å². The maximum atomic E-state index is 11.5. The number of hydrogen-bond acceptors (Lipinski definition) is 5. The van der Waals surface area contributed by atoms with Crippen LogP contribution >= 0.6 is 0 Å². The van der Waals surface area contributed by atoms with E-state index in [2.05, 4.69) is 31.3 Å². The molecule has 1 rings (SSSR count). The Morgan fingerprint density at radius 2 is 2.11 bits per heavy atom. The SMILES string of the molecule is CC(C)(C)C(NC(=O)NCc1nn[nH]n1)C(=O)O. The fourth-order valence-corrected chi connectivity index (χ4v) is 1.25. The number of aliphatic carboxylic acids is 1. The molecule has 1 heterocycles. The van der Waals surface area contributed by atoms with Crippen molar-refractivity contribution in [3.63, 3.8) is 0 Å². The van der Waals surface area contributed by atoms with E-state index < -0.39 is 23.5 Å². The van der Waals surface area contributed by atoms with Crippen molar-refractivity contribution in [2.45, 2.75) is 33.4 Å². The van der Waals surface area contributed by atoms with Crippen LogP contribution in [0, 0.1) is 5.41 Å². The van der Waals surface area contributed by atoms with E-state index in [1.165, 1.54) is 0 Å². The number of amides is 2. The number of tetrazole rings is 1. The van der Waals surface area contributed by atoms with E-state index in [0.717, 1.165) is 0 Å². The smallest absolute Gasteiger partial charge is 0.326 e. The largest absolute Gasteiger partial charge is 0.480 e. The quantitative estimate of drug-likeness (QED) is 0.574. The summed E-state index contributed by atoms with van der Waals surface area (Å²) in [4.78, 5) is 22.6. The molecule has 0 saturated carbocycles. The maximum absolute atomic E-state index is 11.5. The summed E-state index contributed by atoms with van der Waals surface area (Å²) in [6.07, 6.45) is 0. The summed E-state index contributed by atoms with van der Waals surface area (Å²) >= 11 is 0. The molecule has 0 aliphatic carbocycles. The number of rotatable bonds is 4. The number of hydrogen-bond donors (Lipinski definition) is 4. The molecule has 1 aromatic rings. The van der Waals surface area contributed by atoms with Crippen molar-refractivity contribution in [2.24, 2.45) is 5.41 Å². The van der Waals surface area contributed by atoms with Crippen LogP contribution in [0.4, 0.5) is 4.79 Å². The summed E-state index contributed by atoms with van der Waals surface area (Å²) in [7, 11) is 0. The number of aromatic amines is 1. The summed E-state index contributed by atoms with van der Waals surface area (Å²) in [5.74, 6) is -0.773. The minimum atomic E-state index is -1.09. The zero-order chi connectivity index (χ0) is 13.8. The van der Waals surface area contributed by atoms with E-state index in [-0.39, 0.29) is 6.54 Å². The van der Waals surface area contributed by atoms with Crippen molar-refractivity contribution >= 4 is 12.0 Å². The number of carboxylic acid groups (broad SMARTS) is 1. The van der Waals surface area contributed by atoms with E-state index in [9.17, 15) is 9.59 Å². The van der Waals surface area contributed by atoms with Crippen LogP contribution in [-0.2, 0) is 11.3 Å². The first-order chi connectivity index (χ1) is 8.30. The first-order valence-corrected chi connectivity index (χ1v) is 5.30. The van der Waals surface area contributed by atoms with E-state index in [1.54, 1.807) is 20.8 Å². The summed E-state index contributed by atoms with van der Waals surface area (Å²) in [6.45, 7) is 5.25. The van der Waals surface area contributed by atoms with E-state index in [4.69, 9.17) is 5.11 Å². The lowest BCUT2D eigenvalue weighted by atomic mass is 9.87. The lowest BCUT2D eigenvalue weighted by Gasteiger charge is -2.27. The minimum absolute atomic E-state index is 0.0683. The predicted octanol–water partition coefficient (Wildman–Crippen LogP) is -0.502. The van der Waals surface area contributed by atoms with Gasteiger partial charge in [-0.3, -0.25) is 0 Å². The van der Waals surface area contributed by atoms with Gasteiger partial charge in [0.05, 0.1) is 6.54 Å². The zero-order valence-corrected chi connectivity index (χ0v) is 10.4. The van der Waals surface area contributed by atoms with Gasteiger partial charge in [-0.25, -0.2) is 9.59 Å². The summed E-state index contributed by atoms with van der Waals surface area (Å²) in [6, 6.07) is -1.58. The van der Waals surface area contributed by atoms with Gasteiger partial charge in [0.1, 0.15) is 6.04 Å². The molecule has 1 unspecified atom stereocenters. The van der Waals surface area contributed by atoms with Crippen molar-refractivity contribution in [3.8, 4) is 0 Å². The van der Waals surface area contributed by atoms with Crippen LogP contribution in [0.15, 0.2) is 0 Å². The highest BCUT2D eigenvalue weighted by Crippen LogP contribution is 2.19.